The third-order valence-electron chi connectivity index (χ3n) is 5.96. The van der Waals surface area contributed by atoms with Gasteiger partial charge < -0.3 is 9.64 Å². The average molecular weight is 400 g/mol. The first kappa shape index (κ1) is 21.2. The van der Waals surface area contributed by atoms with Crippen molar-refractivity contribution in [1.29, 1.82) is 0 Å². The lowest BCUT2D eigenvalue weighted by Gasteiger charge is -2.35. The minimum Gasteiger partial charge on any atom is -0.496 e. The summed E-state index contributed by atoms with van der Waals surface area (Å²) in [6.45, 7) is 7.00. The number of fused-ring (bicyclic) bond motifs is 1. The van der Waals surface area contributed by atoms with Gasteiger partial charge in [-0.25, -0.2) is 0 Å². The Morgan fingerprint density at radius 1 is 1.00 bits per heavy atom. The van der Waals surface area contributed by atoms with E-state index in [0.29, 0.717) is 6.04 Å². The first-order chi connectivity index (χ1) is 13.7. The third-order valence-corrected chi connectivity index (χ3v) is 6.21. The molecule has 2 aromatic carbocycles. The fourth-order valence-corrected chi connectivity index (χ4v) is 4.72. The molecule has 0 bridgehead atoms. The number of hydrogen-bond donors (Lipinski definition) is 0. The van der Waals surface area contributed by atoms with Gasteiger partial charge in [0.25, 0.3) is 0 Å². The molecule has 0 amide bonds. The number of methoxy groups -OCH3 is 1. The summed E-state index contributed by atoms with van der Waals surface area (Å²) in [4.78, 5) is 2.70. The molecule has 3 rings (SSSR count). The highest BCUT2D eigenvalue weighted by atomic mass is 35.5. The SMILES string of the molecule is CCCN(CCC)[C@@H]1CCc2c(ccc(CCc3ccc(Cl)cc3)c2OC)C1. The number of rotatable bonds is 9. The van der Waals surface area contributed by atoms with Crippen molar-refractivity contribution >= 4 is 11.6 Å². The zero-order chi connectivity index (χ0) is 19.9. The predicted molar refractivity (Wildman–Crippen MR) is 120 cm³/mol. The van der Waals surface area contributed by atoms with Crippen molar-refractivity contribution in [1.82, 2.24) is 4.90 Å². The van der Waals surface area contributed by atoms with Gasteiger partial charge in [0.05, 0.1) is 7.11 Å². The van der Waals surface area contributed by atoms with Gasteiger partial charge in [-0.2, -0.15) is 0 Å². The monoisotopic (exact) mass is 399 g/mol. The van der Waals surface area contributed by atoms with Crippen molar-refractivity contribution in [3.05, 3.63) is 63.7 Å². The van der Waals surface area contributed by atoms with E-state index >= 15 is 0 Å². The molecular formula is C25H34ClNO. The van der Waals surface area contributed by atoms with E-state index in [1.54, 1.807) is 0 Å². The first-order valence-electron chi connectivity index (χ1n) is 10.8. The van der Waals surface area contributed by atoms with Crippen LogP contribution < -0.4 is 4.74 Å². The molecule has 0 fully saturated rings. The van der Waals surface area contributed by atoms with Crippen LogP contribution in [0.15, 0.2) is 36.4 Å². The molecule has 2 aromatic rings. The molecule has 2 nitrogen and oxygen atoms in total. The van der Waals surface area contributed by atoms with Crippen LogP contribution in [0.3, 0.4) is 0 Å². The van der Waals surface area contributed by atoms with Crippen molar-refractivity contribution in [2.24, 2.45) is 0 Å². The van der Waals surface area contributed by atoms with Crippen LogP contribution in [0.1, 0.15) is 55.4 Å². The number of hydrogen-bond acceptors (Lipinski definition) is 2. The average Bonchev–Trinajstić information content (AvgIpc) is 2.72. The summed E-state index contributed by atoms with van der Waals surface area (Å²) in [6, 6.07) is 13.5. The van der Waals surface area contributed by atoms with Crippen LogP contribution in [0.25, 0.3) is 0 Å². The number of halogens is 1. The highest BCUT2D eigenvalue weighted by Crippen LogP contribution is 2.35. The second-order valence-electron chi connectivity index (χ2n) is 7.95. The van der Waals surface area contributed by atoms with E-state index in [0.717, 1.165) is 36.5 Å². The van der Waals surface area contributed by atoms with Crippen LogP contribution in [0, 0.1) is 0 Å². The van der Waals surface area contributed by atoms with Gasteiger partial charge in [-0.15, -0.1) is 0 Å². The van der Waals surface area contributed by atoms with Crippen molar-refractivity contribution in [2.75, 3.05) is 20.2 Å². The molecule has 0 N–H and O–H groups in total. The Kier molecular flexibility index (Phi) is 7.82. The lowest BCUT2D eigenvalue weighted by molar-refractivity contribution is 0.179. The molecule has 0 aliphatic heterocycles. The van der Waals surface area contributed by atoms with E-state index in [1.165, 1.54) is 54.6 Å². The highest BCUT2D eigenvalue weighted by Gasteiger charge is 2.26. The van der Waals surface area contributed by atoms with Crippen LogP contribution in [0.2, 0.25) is 5.02 Å². The lowest BCUT2D eigenvalue weighted by Crippen LogP contribution is -2.40. The van der Waals surface area contributed by atoms with Gasteiger partial charge in [0.15, 0.2) is 0 Å². The van der Waals surface area contributed by atoms with Crippen molar-refractivity contribution in [2.45, 2.75) is 64.8 Å². The molecule has 3 heteroatoms. The van der Waals surface area contributed by atoms with E-state index in [2.05, 4.69) is 43.0 Å². The summed E-state index contributed by atoms with van der Waals surface area (Å²) in [6.07, 6.45) is 8.00. The molecule has 0 heterocycles. The Bertz CT molecular complexity index is 750. The summed E-state index contributed by atoms with van der Waals surface area (Å²) >= 11 is 6.01. The van der Waals surface area contributed by atoms with Gasteiger partial charge in [0.2, 0.25) is 0 Å². The normalized spacial score (nSPS) is 16.2. The molecule has 1 aliphatic carbocycles. The van der Waals surface area contributed by atoms with Crippen molar-refractivity contribution in [3.63, 3.8) is 0 Å². The van der Waals surface area contributed by atoms with Gasteiger partial charge in [0, 0.05) is 11.1 Å². The first-order valence-corrected chi connectivity index (χ1v) is 11.2. The van der Waals surface area contributed by atoms with Gasteiger partial charge in [0.1, 0.15) is 5.75 Å². The van der Waals surface area contributed by atoms with E-state index < -0.39 is 0 Å². The molecule has 28 heavy (non-hydrogen) atoms. The Morgan fingerprint density at radius 3 is 2.36 bits per heavy atom. The van der Waals surface area contributed by atoms with E-state index in [4.69, 9.17) is 16.3 Å². The molecule has 0 saturated carbocycles. The maximum Gasteiger partial charge on any atom is 0.125 e. The summed E-state index contributed by atoms with van der Waals surface area (Å²) < 4.78 is 5.91. The van der Waals surface area contributed by atoms with Gasteiger partial charge >= 0.3 is 0 Å². The fraction of sp³-hybridized carbons (Fsp3) is 0.520. The smallest absolute Gasteiger partial charge is 0.125 e. The predicted octanol–water partition coefficient (Wildman–Crippen LogP) is 6.11. The minimum atomic E-state index is 0.678. The molecule has 0 unspecified atom stereocenters. The quantitative estimate of drug-likeness (QED) is 0.504. The number of benzene rings is 2. The largest absolute Gasteiger partial charge is 0.496 e. The Balaban J connectivity index is 1.74. The van der Waals surface area contributed by atoms with Crippen LogP contribution in [-0.2, 0) is 25.7 Å². The van der Waals surface area contributed by atoms with Crippen LogP contribution in [-0.4, -0.2) is 31.1 Å². The summed E-state index contributed by atoms with van der Waals surface area (Å²) in [5, 5.41) is 0.796. The Morgan fingerprint density at radius 2 is 1.71 bits per heavy atom. The zero-order valence-electron chi connectivity index (χ0n) is 17.6. The van der Waals surface area contributed by atoms with E-state index in [9.17, 15) is 0 Å². The summed E-state index contributed by atoms with van der Waals surface area (Å²) in [5.74, 6) is 1.13. The van der Waals surface area contributed by atoms with Crippen LogP contribution >= 0.6 is 11.6 Å². The maximum atomic E-state index is 6.01. The van der Waals surface area contributed by atoms with E-state index in [-0.39, 0.29) is 0 Å². The second-order valence-corrected chi connectivity index (χ2v) is 8.39. The van der Waals surface area contributed by atoms with Crippen molar-refractivity contribution < 1.29 is 4.74 Å². The number of aryl methyl sites for hydroxylation is 2. The molecular weight excluding hydrogens is 366 g/mol. The standard InChI is InChI=1S/C25H34ClNO/c1-4-16-27(17-5-2)23-14-15-24-21(18-23)11-10-20(25(24)28-3)9-6-19-7-12-22(26)13-8-19/h7-8,10-13,23H,4-6,9,14-18H2,1-3H3/t23-/m1/s1. The number of nitrogens with zero attached hydrogens (tertiary/aromatic N) is 1. The topological polar surface area (TPSA) is 12.5 Å². The molecule has 1 atom stereocenters. The highest BCUT2D eigenvalue weighted by molar-refractivity contribution is 6.30. The minimum absolute atomic E-state index is 0.678. The third kappa shape index (κ3) is 5.10. The second kappa shape index (κ2) is 10.3. The molecule has 0 radical (unpaired) electrons. The number of ether oxygens (including phenoxy) is 1. The van der Waals surface area contributed by atoms with Crippen LogP contribution in [0.4, 0.5) is 0 Å². The summed E-state index contributed by atoms with van der Waals surface area (Å²) in [5.41, 5.74) is 5.58. The molecule has 0 saturated heterocycles. The molecule has 0 spiro atoms. The fourth-order valence-electron chi connectivity index (χ4n) is 4.59. The van der Waals surface area contributed by atoms with Gasteiger partial charge in [-0.05, 0) is 92.4 Å². The van der Waals surface area contributed by atoms with Crippen molar-refractivity contribution in [3.8, 4) is 5.75 Å². The molecule has 0 aromatic heterocycles. The maximum absolute atomic E-state index is 6.01. The Labute approximate surface area is 175 Å². The lowest BCUT2D eigenvalue weighted by atomic mass is 9.84. The molecule has 152 valence electrons. The summed E-state index contributed by atoms with van der Waals surface area (Å²) in [7, 11) is 1.83. The Hall–Kier alpha value is -1.51. The zero-order valence-corrected chi connectivity index (χ0v) is 18.4. The van der Waals surface area contributed by atoms with Crippen LogP contribution in [0.5, 0.6) is 5.75 Å². The van der Waals surface area contributed by atoms with E-state index in [1.807, 2.05) is 19.2 Å². The molecule has 1 aliphatic rings. The van der Waals surface area contributed by atoms with Gasteiger partial charge in [-0.1, -0.05) is 49.7 Å². The van der Waals surface area contributed by atoms with Gasteiger partial charge in [-0.3, -0.25) is 0 Å².